The van der Waals surface area contributed by atoms with Crippen molar-refractivity contribution in [3.63, 3.8) is 0 Å². The van der Waals surface area contributed by atoms with Crippen LogP contribution in [-0.4, -0.2) is 103 Å². The Kier molecular flexibility index (Phi) is 12.9. The topological polar surface area (TPSA) is 264 Å². The van der Waals surface area contributed by atoms with Crippen LogP contribution in [0.5, 0.6) is 5.88 Å². The number of hydrogen-bond acceptors (Lipinski definition) is 17. The van der Waals surface area contributed by atoms with E-state index in [9.17, 15) is 29.4 Å². The fraction of sp³-hybridized carbons (Fsp3) is 0.667. The molecule has 1 aliphatic heterocycles. The zero-order valence-corrected chi connectivity index (χ0v) is 36.2. The molecule has 57 heavy (non-hydrogen) atoms. The zero-order chi connectivity index (χ0) is 41.5. The first-order valence-electron chi connectivity index (χ1n) is 18.4. The minimum Gasteiger partial charge on any atom is -0.474 e. The van der Waals surface area contributed by atoms with E-state index >= 15 is 0 Å². The van der Waals surface area contributed by atoms with Crippen LogP contribution in [0.4, 0.5) is 5.95 Å². The van der Waals surface area contributed by atoms with Crippen molar-refractivity contribution in [2.75, 3.05) is 18.5 Å². The largest absolute Gasteiger partial charge is 0.474 e. The minimum absolute atomic E-state index is 0.0363. The van der Waals surface area contributed by atoms with Gasteiger partial charge in [-0.25, -0.2) is 15.0 Å². The molecular formula is C33H48N8O12P2SSi. The van der Waals surface area contributed by atoms with Gasteiger partial charge in [-0.3, -0.25) is 33.5 Å². The number of amides is 1. The van der Waals surface area contributed by atoms with Gasteiger partial charge in [-0.1, -0.05) is 34.6 Å². The molecule has 2 aliphatic carbocycles. The number of nitrogens with one attached hydrogen (secondary N) is 2. The van der Waals surface area contributed by atoms with E-state index < -0.39 is 83.0 Å². The zero-order valence-electron chi connectivity index (χ0n) is 32.5. The molecule has 1 saturated heterocycles. The van der Waals surface area contributed by atoms with Crippen LogP contribution in [0, 0.1) is 23.2 Å². The maximum Gasteiger partial charge on any atom is 0.327 e. The molecular weight excluding hydrogens is 823 g/mol. The third-order valence-electron chi connectivity index (χ3n) is 10.6. The van der Waals surface area contributed by atoms with Crippen LogP contribution in [0.2, 0.25) is 18.1 Å². The van der Waals surface area contributed by atoms with Gasteiger partial charge in [0.15, 0.2) is 25.7 Å². The number of nitriles is 1. The summed E-state index contributed by atoms with van der Waals surface area (Å²) in [5.41, 5.74) is -2.14. The molecule has 0 spiro atoms. The van der Waals surface area contributed by atoms with Gasteiger partial charge >= 0.3 is 15.0 Å². The molecule has 4 unspecified atom stereocenters. The number of carbonyl (C=O) groups excluding carboxylic acids is 1. The number of aliphatic hydroxyl groups is 1. The fourth-order valence-electron chi connectivity index (χ4n) is 6.57. The Hall–Kier alpha value is -3.03. The molecule has 4 heterocycles. The maximum absolute atomic E-state index is 13.2. The van der Waals surface area contributed by atoms with E-state index in [2.05, 4.69) is 30.2 Å². The highest BCUT2D eigenvalue weighted by Gasteiger charge is 2.81. The average Bonchev–Trinajstić information content (AvgIpc) is 3.51. The van der Waals surface area contributed by atoms with Gasteiger partial charge in [0, 0.05) is 30.5 Å². The number of imidazole rings is 1. The number of H-pyrrole nitrogens is 1. The van der Waals surface area contributed by atoms with E-state index in [4.69, 9.17) is 43.8 Å². The van der Waals surface area contributed by atoms with Crippen molar-refractivity contribution in [3.05, 3.63) is 35.3 Å². The van der Waals surface area contributed by atoms with Crippen molar-refractivity contribution in [1.29, 1.82) is 5.26 Å². The number of aromatic amines is 1. The smallest absolute Gasteiger partial charge is 0.327 e. The van der Waals surface area contributed by atoms with Crippen LogP contribution in [-0.2, 0) is 48.4 Å². The lowest BCUT2D eigenvalue weighted by Crippen LogP contribution is -2.51. The highest BCUT2D eigenvalue weighted by molar-refractivity contribution is 8.07. The first-order valence-corrected chi connectivity index (χ1v) is 25.1. The Morgan fingerprint density at radius 1 is 1.30 bits per heavy atom. The normalized spacial score (nSPS) is 28.8. The number of carbonyl (C=O) groups is 1. The molecule has 24 heteroatoms. The molecule has 3 fully saturated rings. The van der Waals surface area contributed by atoms with Crippen LogP contribution in [0.3, 0.4) is 0 Å². The molecule has 3 aromatic rings. The lowest BCUT2D eigenvalue weighted by atomic mass is 10.1. The maximum atomic E-state index is 13.2. The Bertz CT molecular complexity index is 2120. The van der Waals surface area contributed by atoms with Gasteiger partial charge in [0.2, 0.25) is 17.7 Å². The van der Waals surface area contributed by atoms with E-state index in [1.165, 1.54) is 23.4 Å². The van der Waals surface area contributed by atoms with Crippen LogP contribution < -0.4 is 15.6 Å². The second-order valence-electron chi connectivity index (χ2n) is 15.9. The van der Waals surface area contributed by atoms with Crippen molar-refractivity contribution in [2.24, 2.45) is 11.8 Å². The summed E-state index contributed by atoms with van der Waals surface area (Å²) in [5, 5.41) is 23.2. The van der Waals surface area contributed by atoms with E-state index in [1.807, 2.05) is 39.9 Å². The molecule has 20 nitrogen and oxygen atoms in total. The van der Waals surface area contributed by atoms with Gasteiger partial charge in [-0.05, 0) is 36.4 Å². The highest BCUT2D eigenvalue weighted by atomic mass is 32.5. The van der Waals surface area contributed by atoms with Gasteiger partial charge in [-0.15, -0.1) is 0 Å². The monoisotopic (exact) mass is 870 g/mol. The number of ether oxygens (including phenoxy) is 2. The number of aliphatic hydroxyl groups excluding tert-OH is 1. The summed E-state index contributed by atoms with van der Waals surface area (Å²) in [5.74, 6) is -1.12. The molecule has 312 valence electrons. The fourth-order valence-corrected chi connectivity index (χ4v) is 10.8. The van der Waals surface area contributed by atoms with E-state index in [0.29, 0.717) is 12.3 Å². The molecule has 3 aromatic heterocycles. The van der Waals surface area contributed by atoms with Crippen molar-refractivity contribution >= 4 is 58.1 Å². The van der Waals surface area contributed by atoms with Gasteiger partial charge in [0.05, 0.1) is 38.1 Å². The van der Waals surface area contributed by atoms with Crippen molar-refractivity contribution in [2.45, 2.75) is 114 Å². The third-order valence-corrected chi connectivity index (χ3v) is 17.9. The second-order valence-corrected chi connectivity index (χ2v) is 24.4. The number of fused-ring (bicyclic) bond motifs is 2. The molecule has 4 N–H and O–H groups in total. The van der Waals surface area contributed by atoms with Gasteiger partial charge in [0.25, 0.3) is 5.56 Å². The van der Waals surface area contributed by atoms with Gasteiger partial charge < -0.3 is 37.5 Å². The standard InChI is InChI=1S/C33H48N8O12P2SSi/c1-18(2)28(43)39-31-38-27-23(29(44)40-31)37-17-41(27)30-26(33(24(42)25(33)50-30)53-57(6,7)32(3,4)5)52-55(56,47-12-8-10-34)48-15-19-13-20(14-21(19)51-54(45)46)49-22-9-11-35-16-36-22/h9,11,16-21,24-26,30,42,54H,8,12-15H2,1-7H3,(H,45,46)(H2,38,39,40,43,44)/t19-,20-,21+,24?,25-,26+,30-,33?,55?/m1/s1. The average molecular weight is 871 g/mol. The summed E-state index contributed by atoms with van der Waals surface area (Å²) in [6.45, 7) is 9.23. The van der Waals surface area contributed by atoms with Crippen LogP contribution in [0.25, 0.3) is 11.2 Å². The SMILES string of the molecule is CC(C)C(=O)Nc1nc2c(ncn2[C@@H]2O[C@@H]3C(O)C3(O[Si](C)(C)C(C)(C)C)[C@H]2OP(=S)(OCCC#N)OC[C@H]2C[C@@H](Oc3ccncn3)C[C@@H]2O[PH](=O)O)c(=O)[nH]1. The van der Waals surface area contributed by atoms with Crippen molar-refractivity contribution < 1.29 is 51.4 Å². The molecule has 0 aromatic carbocycles. The molecule has 0 radical (unpaired) electrons. The molecule has 2 saturated carbocycles. The number of rotatable bonds is 17. The summed E-state index contributed by atoms with van der Waals surface area (Å²) in [7, 11) is -6.08. The van der Waals surface area contributed by atoms with Crippen LogP contribution >= 0.6 is 15.0 Å². The number of anilines is 1. The predicted octanol–water partition coefficient (Wildman–Crippen LogP) is 3.72. The quantitative estimate of drug-likeness (QED) is 0.0855. The summed E-state index contributed by atoms with van der Waals surface area (Å²) in [6.07, 6.45) is -1.06. The number of aromatic nitrogens is 6. The Balaban J connectivity index is 1.35. The molecule has 0 bridgehead atoms. The van der Waals surface area contributed by atoms with E-state index in [1.54, 1.807) is 19.9 Å². The Morgan fingerprint density at radius 2 is 2.05 bits per heavy atom. The van der Waals surface area contributed by atoms with Crippen molar-refractivity contribution in [1.82, 2.24) is 29.5 Å². The first-order chi connectivity index (χ1) is 26.8. The minimum atomic E-state index is -3.93. The summed E-state index contributed by atoms with van der Waals surface area (Å²) < 4.78 is 57.3. The molecule has 10 atom stereocenters. The number of nitrogens with zero attached hydrogens (tertiary/aromatic N) is 6. The lowest BCUT2D eigenvalue weighted by molar-refractivity contribution is -0.118. The van der Waals surface area contributed by atoms with Crippen molar-refractivity contribution in [3.8, 4) is 11.9 Å². The second kappa shape index (κ2) is 16.9. The summed E-state index contributed by atoms with van der Waals surface area (Å²) in [6, 6.07) is 3.60. The van der Waals surface area contributed by atoms with Crippen LogP contribution in [0.15, 0.2) is 29.7 Å². The predicted molar refractivity (Wildman–Crippen MR) is 209 cm³/mol. The Labute approximate surface area is 335 Å². The lowest BCUT2D eigenvalue weighted by Gasteiger charge is -2.42. The van der Waals surface area contributed by atoms with Crippen LogP contribution in [0.1, 0.15) is 60.1 Å². The first kappa shape index (κ1) is 43.5. The third kappa shape index (κ3) is 9.25. The molecule has 6 rings (SSSR count). The summed E-state index contributed by atoms with van der Waals surface area (Å²) >= 11 is 6.03. The van der Waals surface area contributed by atoms with E-state index in [-0.39, 0.29) is 54.1 Å². The van der Waals surface area contributed by atoms with E-state index in [0.717, 1.165) is 0 Å². The highest BCUT2D eigenvalue weighted by Crippen LogP contribution is 2.65. The number of hydrogen-bond donors (Lipinski definition) is 4. The summed E-state index contributed by atoms with van der Waals surface area (Å²) in [4.78, 5) is 54.7. The molecule has 1 amide bonds. The van der Waals surface area contributed by atoms with Gasteiger partial charge in [0.1, 0.15) is 36.3 Å². The Morgan fingerprint density at radius 3 is 2.70 bits per heavy atom. The molecule has 3 aliphatic rings. The van der Waals surface area contributed by atoms with Gasteiger partial charge in [-0.2, -0.15) is 10.2 Å².